The fourth-order valence-electron chi connectivity index (χ4n) is 2.88. The lowest BCUT2D eigenvalue weighted by molar-refractivity contribution is -0.0511. The second kappa shape index (κ2) is 6.84. The van der Waals surface area contributed by atoms with Crippen LogP contribution in [0.5, 0.6) is 0 Å². The minimum atomic E-state index is -1.26. The third-order valence-corrected chi connectivity index (χ3v) is 4.61. The van der Waals surface area contributed by atoms with Crippen molar-refractivity contribution in [3.63, 3.8) is 0 Å². The molecule has 4 rings (SSSR count). The quantitative estimate of drug-likeness (QED) is 0.228. The number of aliphatic hydroxyl groups is 3. The van der Waals surface area contributed by atoms with E-state index in [1.54, 1.807) is 22.6 Å². The van der Waals surface area contributed by atoms with Gasteiger partial charge in [0.25, 0.3) is 3.91 Å². The third-order valence-electron chi connectivity index (χ3n) is 4.34. The zero-order chi connectivity index (χ0) is 18.4. The second-order valence-corrected chi connectivity index (χ2v) is 7.25. The fraction of sp³-hybridized carbons (Fsp3) is 0.571. The van der Waals surface area contributed by atoms with Gasteiger partial charge in [0.15, 0.2) is 23.2 Å². The van der Waals surface area contributed by atoms with Crippen LogP contribution >= 0.6 is 22.6 Å². The van der Waals surface area contributed by atoms with Crippen LogP contribution in [0, 0.1) is 0 Å². The van der Waals surface area contributed by atoms with Crippen molar-refractivity contribution < 1.29 is 24.9 Å². The van der Waals surface area contributed by atoms with E-state index in [0.29, 0.717) is 23.0 Å². The van der Waals surface area contributed by atoms with Crippen LogP contribution in [0.2, 0.25) is 0 Å². The number of aromatic nitrogens is 4. The van der Waals surface area contributed by atoms with Gasteiger partial charge in [-0.05, 0) is 12.8 Å². The molecule has 26 heavy (non-hydrogen) atoms. The first-order valence-corrected chi connectivity index (χ1v) is 9.16. The molecule has 1 aliphatic heterocycles. The Morgan fingerprint density at radius 3 is 2.73 bits per heavy atom. The Labute approximate surface area is 160 Å². The molecular weight excluding hydrogens is 459 g/mol. The van der Waals surface area contributed by atoms with Crippen LogP contribution in [0.1, 0.15) is 19.1 Å². The summed E-state index contributed by atoms with van der Waals surface area (Å²) in [5.74, 6) is 0.566. The van der Waals surface area contributed by atoms with Gasteiger partial charge in [0.05, 0.1) is 12.9 Å². The van der Waals surface area contributed by atoms with Gasteiger partial charge >= 0.3 is 0 Å². The molecule has 1 aliphatic carbocycles. The number of ether oxygens (including phenoxy) is 1. The molecule has 12 heteroatoms. The molecule has 5 N–H and O–H groups in total. The van der Waals surface area contributed by atoms with E-state index >= 15 is 0 Å². The maximum Gasteiger partial charge on any atom is 0.287 e. The molecule has 0 aromatic carbocycles. The van der Waals surface area contributed by atoms with E-state index < -0.39 is 31.1 Å². The Morgan fingerprint density at radius 2 is 2.12 bits per heavy atom. The molecule has 0 radical (unpaired) electrons. The number of rotatable bonds is 5. The van der Waals surface area contributed by atoms with Crippen LogP contribution in [0.3, 0.4) is 0 Å². The molecule has 4 atom stereocenters. The van der Waals surface area contributed by atoms with Gasteiger partial charge in [-0.2, -0.15) is 9.97 Å². The number of halogens is 1. The van der Waals surface area contributed by atoms with Gasteiger partial charge in [-0.15, -0.1) is 0 Å². The highest BCUT2D eigenvalue weighted by atomic mass is 127. The lowest BCUT2D eigenvalue weighted by Crippen LogP contribution is -2.33. The molecule has 0 bridgehead atoms. The van der Waals surface area contributed by atoms with Crippen molar-refractivity contribution >= 4 is 49.4 Å². The Kier molecular flexibility index (Phi) is 4.68. The van der Waals surface area contributed by atoms with E-state index in [2.05, 4.69) is 25.6 Å². The maximum atomic E-state index is 11.4. The van der Waals surface area contributed by atoms with Gasteiger partial charge in [-0.1, -0.05) is 0 Å². The summed E-state index contributed by atoms with van der Waals surface area (Å²) in [4.78, 5) is 24.3. The highest BCUT2D eigenvalue weighted by Gasteiger charge is 2.44. The minimum absolute atomic E-state index is 0.0912. The largest absolute Gasteiger partial charge is 0.394 e. The van der Waals surface area contributed by atoms with Gasteiger partial charge < -0.3 is 25.4 Å². The highest BCUT2D eigenvalue weighted by Crippen LogP contribution is 2.34. The van der Waals surface area contributed by atoms with Crippen molar-refractivity contribution in [1.82, 2.24) is 19.5 Å². The monoisotopic (exact) mass is 476 g/mol. The normalized spacial score (nSPS) is 28.5. The topological polar surface area (TPSA) is 155 Å². The summed E-state index contributed by atoms with van der Waals surface area (Å²) in [6.07, 6.45) is -0.910. The van der Waals surface area contributed by atoms with Gasteiger partial charge in [-0.3, -0.25) is 14.7 Å². The predicted octanol–water partition coefficient (Wildman–Crippen LogP) is -0.0210. The number of imidazole rings is 1. The number of fused-ring (bicyclic) bond motifs is 1. The van der Waals surface area contributed by atoms with E-state index in [1.807, 2.05) is 0 Å². The molecule has 140 valence electrons. The molecule has 2 aromatic rings. The SMILES string of the molecule is O=C(I)Nc1nc(NC2CC2)c2ncn([C@@H]3O[C@H](CO)C(O)C3O)c2n1. The van der Waals surface area contributed by atoms with Crippen molar-refractivity contribution in [2.75, 3.05) is 17.2 Å². The maximum absolute atomic E-state index is 11.4. The molecule has 1 amide bonds. The number of nitrogens with one attached hydrogen (secondary N) is 2. The molecule has 3 heterocycles. The van der Waals surface area contributed by atoms with Gasteiger partial charge in [0.2, 0.25) is 5.95 Å². The standard InChI is InChI=1S/C14H17IN6O5/c15-13(25)20-14-18-10(17-5-1-2-5)7-11(19-14)21(4-16-7)12-9(24)8(23)6(3-22)26-12/h4-6,8-9,12,22-24H,1-3H2,(H2,17,18,19,20,25)/t6-,8?,9?,12-/m1/s1. The average molecular weight is 476 g/mol. The van der Waals surface area contributed by atoms with E-state index in [1.165, 1.54) is 10.9 Å². The van der Waals surface area contributed by atoms with Crippen molar-refractivity contribution in [3.05, 3.63) is 6.33 Å². The van der Waals surface area contributed by atoms with Crippen molar-refractivity contribution in [2.24, 2.45) is 0 Å². The molecule has 2 unspecified atom stereocenters. The van der Waals surface area contributed by atoms with Gasteiger partial charge in [-0.25, -0.2) is 4.98 Å². The number of hydrogen-bond acceptors (Lipinski definition) is 9. The first-order valence-electron chi connectivity index (χ1n) is 8.08. The number of hydrogen-bond donors (Lipinski definition) is 5. The number of carbonyl (C=O) groups excluding carboxylic acids is 1. The number of aliphatic hydroxyl groups excluding tert-OH is 3. The zero-order valence-corrected chi connectivity index (χ0v) is 15.6. The number of anilines is 2. The van der Waals surface area contributed by atoms with Gasteiger partial charge in [0, 0.05) is 28.6 Å². The lowest BCUT2D eigenvalue weighted by atomic mass is 10.1. The summed E-state index contributed by atoms with van der Waals surface area (Å²) >= 11 is 1.58. The molecule has 11 nitrogen and oxygen atoms in total. The molecule has 2 aliphatic rings. The van der Waals surface area contributed by atoms with E-state index in [9.17, 15) is 20.1 Å². The van der Waals surface area contributed by atoms with Crippen LogP contribution in [-0.2, 0) is 4.74 Å². The first kappa shape index (κ1) is 17.8. The summed E-state index contributed by atoms with van der Waals surface area (Å²) < 4.78 is 6.66. The number of amides is 1. The Hall–Kier alpha value is -1.61. The van der Waals surface area contributed by atoms with Crippen LogP contribution in [-0.4, -0.2) is 69.7 Å². The van der Waals surface area contributed by atoms with Crippen molar-refractivity contribution in [2.45, 2.75) is 43.4 Å². The Bertz CT molecular complexity index is 843. The minimum Gasteiger partial charge on any atom is -0.394 e. The van der Waals surface area contributed by atoms with E-state index in [-0.39, 0.29) is 9.86 Å². The Morgan fingerprint density at radius 1 is 1.35 bits per heavy atom. The average Bonchev–Trinajstić information content (AvgIpc) is 3.24. The molecule has 2 aromatic heterocycles. The summed E-state index contributed by atoms with van der Waals surface area (Å²) in [6, 6.07) is 0.301. The van der Waals surface area contributed by atoms with Crippen molar-refractivity contribution in [3.8, 4) is 0 Å². The fourth-order valence-corrected chi connectivity index (χ4v) is 3.12. The third kappa shape index (κ3) is 3.22. The highest BCUT2D eigenvalue weighted by molar-refractivity contribution is 14.1. The van der Waals surface area contributed by atoms with Crippen molar-refractivity contribution in [1.29, 1.82) is 0 Å². The summed E-state index contributed by atoms with van der Waals surface area (Å²) in [6.45, 7) is -0.430. The first-order chi connectivity index (χ1) is 12.5. The molecule has 1 saturated heterocycles. The van der Waals surface area contributed by atoms with Crippen LogP contribution in [0.4, 0.5) is 16.6 Å². The molecular formula is C14H17IN6O5. The van der Waals surface area contributed by atoms with Crippen LogP contribution in [0.15, 0.2) is 6.33 Å². The lowest BCUT2D eigenvalue weighted by Gasteiger charge is -2.17. The summed E-state index contributed by atoms with van der Waals surface area (Å²) in [5.41, 5.74) is 0.791. The van der Waals surface area contributed by atoms with E-state index in [0.717, 1.165) is 12.8 Å². The Balaban J connectivity index is 1.76. The smallest absolute Gasteiger partial charge is 0.287 e. The second-order valence-electron chi connectivity index (χ2n) is 6.27. The predicted molar refractivity (Wildman–Crippen MR) is 98.0 cm³/mol. The number of carbonyl (C=O) groups is 1. The summed E-state index contributed by atoms with van der Waals surface area (Å²) in [5, 5.41) is 35.3. The summed E-state index contributed by atoms with van der Waals surface area (Å²) in [7, 11) is 0. The van der Waals surface area contributed by atoms with Gasteiger partial charge in [0.1, 0.15) is 18.3 Å². The van der Waals surface area contributed by atoms with E-state index in [4.69, 9.17) is 4.74 Å². The van der Waals surface area contributed by atoms with Crippen LogP contribution in [0.25, 0.3) is 11.2 Å². The molecule has 1 saturated carbocycles. The van der Waals surface area contributed by atoms with Crippen LogP contribution < -0.4 is 10.6 Å². The molecule has 0 spiro atoms. The number of nitrogens with zero attached hydrogens (tertiary/aromatic N) is 4. The molecule has 2 fully saturated rings. The zero-order valence-electron chi connectivity index (χ0n) is 13.4.